The van der Waals surface area contributed by atoms with Gasteiger partial charge in [-0.05, 0) is 44.0 Å². The van der Waals surface area contributed by atoms with Crippen LogP contribution < -0.4 is 10.6 Å². The maximum atomic E-state index is 12.1. The normalized spacial score (nSPS) is 14.9. The van der Waals surface area contributed by atoms with E-state index in [2.05, 4.69) is 15.6 Å². The summed E-state index contributed by atoms with van der Waals surface area (Å²) in [5.74, 6) is -0.686. The molecule has 132 valence electrons. The van der Waals surface area contributed by atoms with E-state index in [1.807, 2.05) is 6.07 Å². The molecule has 0 atom stereocenters. The summed E-state index contributed by atoms with van der Waals surface area (Å²) < 4.78 is 5.33. The molecule has 0 aliphatic carbocycles. The number of aromatic nitrogens is 1. The molecule has 7 nitrogen and oxygen atoms in total. The van der Waals surface area contributed by atoms with Crippen molar-refractivity contribution in [3.05, 3.63) is 35.3 Å². The Morgan fingerprint density at radius 1 is 1.32 bits per heavy atom. The maximum Gasteiger partial charge on any atom is 0.411 e. The van der Waals surface area contributed by atoms with Gasteiger partial charge in [0.05, 0.1) is 12.3 Å². The van der Waals surface area contributed by atoms with Crippen LogP contribution in [0.15, 0.2) is 29.6 Å². The molecule has 2 heterocycles. The van der Waals surface area contributed by atoms with Crippen molar-refractivity contribution >= 4 is 29.1 Å². The Morgan fingerprint density at radius 3 is 2.80 bits per heavy atom. The smallest absolute Gasteiger partial charge is 0.411 e. The third kappa shape index (κ3) is 4.55. The lowest BCUT2D eigenvalue weighted by molar-refractivity contribution is 0.0691. The van der Waals surface area contributed by atoms with Gasteiger partial charge in [-0.3, -0.25) is 5.32 Å². The van der Waals surface area contributed by atoms with E-state index < -0.39 is 12.1 Å². The van der Waals surface area contributed by atoms with E-state index in [1.54, 1.807) is 18.2 Å². The van der Waals surface area contributed by atoms with Crippen LogP contribution in [-0.2, 0) is 4.74 Å². The number of nitrogens with one attached hydrogen (secondary N) is 2. The first-order valence-corrected chi connectivity index (χ1v) is 8.94. The molecule has 0 bridgehead atoms. The van der Waals surface area contributed by atoms with Crippen molar-refractivity contribution in [2.24, 2.45) is 5.92 Å². The molecule has 1 aliphatic heterocycles. The fourth-order valence-corrected chi connectivity index (χ4v) is 3.50. The van der Waals surface area contributed by atoms with Gasteiger partial charge in [0, 0.05) is 10.9 Å². The van der Waals surface area contributed by atoms with Crippen LogP contribution in [0.4, 0.5) is 10.5 Å². The predicted molar refractivity (Wildman–Crippen MR) is 95.1 cm³/mol. The Balaban J connectivity index is 1.65. The zero-order valence-corrected chi connectivity index (χ0v) is 14.3. The summed E-state index contributed by atoms with van der Waals surface area (Å²) in [6.07, 6.45) is 1.49. The molecule has 0 unspecified atom stereocenters. The number of aromatic carboxylic acids is 1. The van der Waals surface area contributed by atoms with Crippen LogP contribution in [0.3, 0.4) is 0 Å². The summed E-state index contributed by atoms with van der Waals surface area (Å²) in [5, 5.41) is 17.0. The second-order valence-electron chi connectivity index (χ2n) is 5.81. The Labute approximate surface area is 149 Å². The number of ether oxygens (including phenoxy) is 1. The highest BCUT2D eigenvalue weighted by Crippen LogP contribution is 2.30. The second-order valence-corrected chi connectivity index (χ2v) is 6.66. The molecule has 0 spiro atoms. The SMILES string of the molecule is O=C(Nc1ccccc1-c1nc(C(=O)O)cs1)OCC1CCNCC1. The molecule has 1 amide bonds. The van der Waals surface area contributed by atoms with E-state index in [-0.39, 0.29) is 5.69 Å². The zero-order valence-electron chi connectivity index (χ0n) is 13.5. The van der Waals surface area contributed by atoms with Crippen LogP contribution in [0.5, 0.6) is 0 Å². The number of carboxylic acid groups (broad SMARTS) is 1. The fourth-order valence-electron chi connectivity index (χ4n) is 2.66. The van der Waals surface area contributed by atoms with Crippen LogP contribution in [0.1, 0.15) is 23.3 Å². The van der Waals surface area contributed by atoms with Crippen LogP contribution in [0, 0.1) is 5.92 Å². The molecule has 1 aromatic heterocycles. The van der Waals surface area contributed by atoms with Crippen LogP contribution in [-0.4, -0.2) is 41.8 Å². The number of carbonyl (C=O) groups is 2. The number of nitrogens with zero attached hydrogens (tertiary/aromatic N) is 1. The first-order valence-electron chi connectivity index (χ1n) is 8.06. The minimum atomic E-state index is -1.07. The number of amides is 1. The van der Waals surface area contributed by atoms with E-state index in [0.717, 1.165) is 25.9 Å². The van der Waals surface area contributed by atoms with Crippen molar-refractivity contribution in [2.75, 3.05) is 25.0 Å². The monoisotopic (exact) mass is 361 g/mol. The molecule has 8 heteroatoms. The maximum absolute atomic E-state index is 12.1. The minimum absolute atomic E-state index is 0.0108. The summed E-state index contributed by atoms with van der Waals surface area (Å²) in [7, 11) is 0. The third-order valence-electron chi connectivity index (χ3n) is 4.03. The van der Waals surface area contributed by atoms with Crippen LogP contribution >= 0.6 is 11.3 Å². The molecule has 2 aromatic rings. The topological polar surface area (TPSA) is 101 Å². The summed E-state index contributed by atoms with van der Waals surface area (Å²) in [6.45, 7) is 2.30. The number of hydrogen-bond donors (Lipinski definition) is 3. The highest BCUT2D eigenvalue weighted by Gasteiger charge is 2.17. The van der Waals surface area contributed by atoms with Gasteiger partial charge in [-0.15, -0.1) is 11.3 Å². The van der Waals surface area contributed by atoms with Crippen LogP contribution in [0.2, 0.25) is 0 Å². The summed E-state index contributed by atoms with van der Waals surface area (Å²) in [6, 6.07) is 7.12. The van der Waals surface area contributed by atoms with Gasteiger partial charge in [0.1, 0.15) is 5.01 Å². The molecular weight excluding hydrogens is 342 g/mol. The number of thiazole rings is 1. The number of carboxylic acids is 1. The van der Waals surface area contributed by atoms with Crippen molar-refractivity contribution in [3.8, 4) is 10.6 Å². The van der Waals surface area contributed by atoms with Gasteiger partial charge in [-0.2, -0.15) is 0 Å². The summed E-state index contributed by atoms with van der Waals surface area (Å²) >= 11 is 1.22. The number of anilines is 1. The summed E-state index contributed by atoms with van der Waals surface area (Å²) in [5.41, 5.74) is 1.20. The van der Waals surface area contributed by atoms with Gasteiger partial charge in [0.25, 0.3) is 0 Å². The fraction of sp³-hybridized carbons (Fsp3) is 0.353. The number of hydrogen-bond acceptors (Lipinski definition) is 6. The van der Waals surface area contributed by atoms with Crippen LogP contribution in [0.25, 0.3) is 10.6 Å². The molecule has 1 aromatic carbocycles. The molecule has 25 heavy (non-hydrogen) atoms. The average Bonchev–Trinajstić information content (AvgIpc) is 3.12. The number of rotatable bonds is 5. The van der Waals surface area contributed by atoms with Crippen molar-refractivity contribution in [1.29, 1.82) is 0 Å². The molecule has 1 aliphatic rings. The molecule has 1 fully saturated rings. The average molecular weight is 361 g/mol. The lowest BCUT2D eigenvalue weighted by Gasteiger charge is -2.22. The molecular formula is C17H19N3O4S. The van der Waals surface area contributed by atoms with E-state index >= 15 is 0 Å². The largest absolute Gasteiger partial charge is 0.476 e. The van der Waals surface area contributed by atoms with Gasteiger partial charge in [0.2, 0.25) is 0 Å². The lowest BCUT2D eigenvalue weighted by atomic mass is 9.99. The first kappa shape index (κ1) is 17.4. The quantitative estimate of drug-likeness (QED) is 0.757. The molecule has 1 saturated heterocycles. The lowest BCUT2D eigenvalue weighted by Crippen LogP contribution is -2.31. The van der Waals surface area contributed by atoms with E-state index in [9.17, 15) is 9.59 Å². The van der Waals surface area contributed by atoms with Gasteiger partial charge < -0.3 is 15.2 Å². The predicted octanol–water partition coefficient (Wildman–Crippen LogP) is 3.06. The minimum Gasteiger partial charge on any atom is -0.476 e. The Kier molecular flexibility index (Phi) is 5.62. The zero-order chi connectivity index (χ0) is 17.6. The highest BCUT2D eigenvalue weighted by molar-refractivity contribution is 7.13. The van der Waals surface area contributed by atoms with Crippen molar-refractivity contribution in [3.63, 3.8) is 0 Å². The number of carbonyl (C=O) groups excluding carboxylic acids is 1. The van der Waals surface area contributed by atoms with Gasteiger partial charge >= 0.3 is 12.1 Å². The Bertz CT molecular complexity index is 756. The first-order chi connectivity index (χ1) is 12.1. The standard InChI is InChI=1S/C17H19N3O4S/c21-16(22)14-10-25-15(19-14)12-3-1-2-4-13(12)20-17(23)24-9-11-5-7-18-8-6-11/h1-4,10-11,18H,5-9H2,(H,20,23)(H,21,22). The van der Waals surface area contributed by atoms with Crippen molar-refractivity contribution in [1.82, 2.24) is 10.3 Å². The Morgan fingerprint density at radius 2 is 2.08 bits per heavy atom. The molecule has 3 N–H and O–H groups in total. The molecule has 0 radical (unpaired) electrons. The van der Waals surface area contributed by atoms with Gasteiger partial charge in [-0.25, -0.2) is 14.6 Å². The van der Waals surface area contributed by atoms with Crippen molar-refractivity contribution in [2.45, 2.75) is 12.8 Å². The molecule has 0 saturated carbocycles. The van der Waals surface area contributed by atoms with Crippen molar-refractivity contribution < 1.29 is 19.4 Å². The number of para-hydroxylation sites is 1. The van der Waals surface area contributed by atoms with E-state index in [1.165, 1.54) is 16.7 Å². The second kappa shape index (κ2) is 8.09. The highest BCUT2D eigenvalue weighted by atomic mass is 32.1. The van der Waals surface area contributed by atoms with Gasteiger partial charge in [0.15, 0.2) is 5.69 Å². The molecule has 3 rings (SSSR count). The van der Waals surface area contributed by atoms with E-state index in [4.69, 9.17) is 9.84 Å². The number of benzene rings is 1. The Hall–Kier alpha value is -2.45. The summed E-state index contributed by atoms with van der Waals surface area (Å²) in [4.78, 5) is 27.2. The van der Waals surface area contributed by atoms with Gasteiger partial charge in [-0.1, -0.05) is 12.1 Å². The third-order valence-corrected chi connectivity index (χ3v) is 4.90. The van der Waals surface area contributed by atoms with E-state index in [0.29, 0.717) is 28.8 Å². The number of piperidine rings is 1.